The van der Waals surface area contributed by atoms with Gasteiger partial charge in [0.05, 0.1) is 165 Å². The Kier molecular flexibility index (Phi) is 41.4. The predicted octanol–water partition coefficient (Wildman–Crippen LogP) is 1.86. The third-order valence-electron chi connectivity index (χ3n) is 8.03. The maximum absolute atomic E-state index is 12.0. The molecule has 1 aromatic carbocycles. The van der Waals surface area contributed by atoms with Crippen LogP contribution < -0.4 is 16.0 Å². The average Bonchev–Trinajstić information content (AvgIpc) is 3.29. The first-order chi connectivity index (χ1) is 32.2. The number of amides is 3. The Morgan fingerprint density at radius 1 is 0.394 bits per heavy atom. The summed E-state index contributed by atoms with van der Waals surface area (Å²) in [5.74, 6) is -0.525. The van der Waals surface area contributed by atoms with E-state index in [0.29, 0.717) is 178 Å². The monoisotopic (exact) mass is 950 g/mol. The standard InChI is InChI=1S/C45H79N3O18/c1-45(2,3)66-43(51)11-17-55-23-29-61-35-38-63-31-25-57-19-13-47-41(49)9-15-53-21-27-59-33-36-62-30-24-56-18-12-46-42(50)10-16-54-22-28-60-34-37-64-32-26-58-20-14-48-44(52)65-39-40-7-5-4-6-8-40/h4-8H,9-39H2,1-3H3,(H,46,50)(H,47,49)(H,48,52). The quantitative estimate of drug-likeness (QED) is 0.0625. The molecular formula is C45H79N3O18. The van der Waals surface area contributed by atoms with Crippen LogP contribution in [0.5, 0.6) is 0 Å². The molecule has 0 saturated heterocycles. The zero-order chi connectivity index (χ0) is 47.9. The van der Waals surface area contributed by atoms with E-state index in [4.69, 9.17) is 66.3 Å². The first kappa shape index (κ1) is 60.4. The van der Waals surface area contributed by atoms with Crippen LogP contribution in [0.2, 0.25) is 0 Å². The van der Waals surface area contributed by atoms with E-state index in [1.807, 2.05) is 51.1 Å². The van der Waals surface area contributed by atoms with Crippen molar-refractivity contribution in [3.8, 4) is 0 Å². The molecule has 0 aliphatic carbocycles. The SMILES string of the molecule is CC(C)(C)OC(=O)CCOCCOCCOCCOCCNC(=O)CCOCCOCCOCCOCCNC(=O)CCOCCOCCOCCOCCNC(=O)OCc1ccccc1. The topological polar surface area (TPSA) is 234 Å². The van der Waals surface area contributed by atoms with Crippen molar-refractivity contribution in [3.05, 3.63) is 35.9 Å². The van der Waals surface area contributed by atoms with Crippen molar-refractivity contribution in [1.29, 1.82) is 0 Å². The van der Waals surface area contributed by atoms with E-state index in [-0.39, 0.29) is 43.7 Å². The van der Waals surface area contributed by atoms with Crippen LogP contribution >= 0.6 is 0 Å². The fraction of sp³-hybridized carbons (Fsp3) is 0.778. The number of nitrogens with one attached hydrogen (secondary N) is 3. The van der Waals surface area contributed by atoms with Gasteiger partial charge in [-0.2, -0.15) is 0 Å². The van der Waals surface area contributed by atoms with E-state index in [2.05, 4.69) is 16.0 Å². The number of ether oxygens (including phenoxy) is 14. The fourth-order valence-corrected chi connectivity index (χ4v) is 4.86. The summed E-state index contributed by atoms with van der Waals surface area (Å²) in [5, 5.41) is 8.19. The molecule has 382 valence electrons. The van der Waals surface area contributed by atoms with Crippen LogP contribution in [0, 0.1) is 0 Å². The highest BCUT2D eigenvalue weighted by atomic mass is 16.6. The molecule has 21 nitrogen and oxygen atoms in total. The molecule has 0 aromatic heterocycles. The summed E-state index contributed by atoms with van der Waals surface area (Å²) in [6.45, 7) is 16.0. The minimum absolute atomic E-state index is 0.119. The average molecular weight is 950 g/mol. The molecule has 1 rings (SSSR count). The molecule has 0 spiro atoms. The second-order valence-electron chi connectivity index (χ2n) is 14.9. The van der Waals surface area contributed by atoms with Gasteiger partial charge in [0.1, 0.15) is 12.2 Å². The Labute approximate surface area is 391 Å². The lowest BCUT2D eigenvalue weighted by Crippen LogP contribution is -2.28. The van der Waals surface area contributed by atoms with Crippen LogP contribution in [0.1, 0.15) is 45.6 Å². The Morgan fingerprint density at radius 3 is 1.05 bits per heavy atom. The Hall–Kier alpha value is -3.58. The van der Waals surface area contributed by atoms with Crippen molar-refractivity contribution in [2.45, 2.75) is 52.2 Å². The van der Waals surface area contributed by atoms with Crippen LogP contribution in [-0.2, 0) is 87.3 Å². The van der Waals surface area contributed by atoms with Crippen LogP contribution in [-0.4, -0.2) is 208 Å². The molecular weight excluding hydrogens is 870 g/mol. The van der Waals surface area contributed by atoms with Crippen molar-refractivity contribution < 1.29 is 85.5 Å². The molecule has 0 unspecified atom stereocenters. The maximum atomic E-state index is 12.0. The molecule has 3 N–H and O–H groups in total. The van der Waals surface area contributed by atoms with E-state index >= 15 is 0 Å². The Bertz CT molecular complexity index is 1290. The van der Waals surface area contributed by atoms with E-state index in [9.17, 15) is 19.2 Å². The fourth-order valence-electron chi connectivity index (χ4n) is 4.86. The molecule has 0 atom stereocenters. The van der Waals surface area contributed by atoms with Gasteiger partial charge >= 0.3 is 12.1 Å². The van der Waals surface area contributed by atoms with Crippen LogP contribution in [0.3, 0.4) is 0 Å². The Balaban J connectivity index is 1.69. The summed E-state index contributed by atoms with van der Waals surface area (Å²) in [7, 11) is 0. The van der Waals surface area contributed by atoms with Gasteiger partial charge < -0.3 is 82.3 Å². The lowest BCUT2D eigenvalue weighted by Gasteiger charge is -2.19. The summed E-state index contributed by atoms with van der Waals surface area (Å²) >= 11 is 0. The lowest BCUT2D eigenvalue weighted by molar-refractivity contribution is -0.156. The smallest absolute Gasteiger partial charge is 0.407 e. The van der Waals surface area contributed by atoms with Gasteiger partial charge in [-0.25, -0.2) is 4.79 Å². The Morgan fingerprint density at radius 2 is 0.697 bits per heavy atom. The minimum Gasteiger partial charge on any atom is -0.460 e. The van der Waals surface area contributed by atoms with Gasteiger partial charge in [-0.1, -0.05) is 30.3 Å². The highest BCUT2D eigenvalue weighted by molar-refractivity contribution is 5.76. The molecule has 21 heteroatoms. The van der Waals surface area contributed by atoms with E-state index in [1.165, 1.54) is 0 Å². The molecule has 0 fully saturated rings. The van der Waals surface area contributed by atoms with Gasteiger partial charge in [-0.05, 0) is 26.3 Å². The third-order valence-corrected chi connectivity index (χ3v) is 8.03. The summed E-state index contributed by atoms with van der Waals surface area (Å²) in [4.78, 5) is 47.2. The number of carbonyl (C=O) groups excluding carboxylic acids is 4. The van der Waals surface area contributed by atoms with Crippen LogP contribution in [0.4, 0.5) is 4.79 Å². The molecule has 0 radical (unpaired) electrons. The molecule has 0 aliphatic heterocycles. The number of rotatable bonds is 47. The van der Waals surface area contributed by atoms with Gasteiger partial charge in [0, 0.05) is 32.5 Å². The van der Waals surface area contributed by atoms with Gasteiger partial charge in [0.2, 0.25) is 11.8 Å². The summed E-state index contributed by atoms with van der Waals surface area (Å²) in [6, 6.07) is 9.45. The number of esters is 1. The first-order valence-corrected chi connectivity index (χ1v) is 22.8. The molecule has 0 heterocycles. The summed E-state index contributed by atoms with van der Waals surface area (Å²) in [6.07, 6.45) is 0.204. The number of hydrogen-bond donors (Lipinski definition) is 3. The maximum Gasteiger partial charge on any atom is 0.407 e. The van der Waals surface area contributed by atoms with E-state index in [1.54, 1.807) is 0 Å². The molecule has 0 saturated carbocycles. The van der Waals surface area contributed by atoms with Crippen molar-refractivity contribution in [1.82, 2.24) is 16.0 Å². The number of carbonyl (C=O) groups is 4. The minimum atomic E-state index is -0.494. The summed E-state index contributed by atoms with van der Waals surface area (Å²) < 4.78 is 75.6. The van der Waals surface area contributed by atoms with Gasteiger partial charge in [0.15, 0.2) is 0 Å². The molecule has 0 aliphatic rings. The molecule has 1 aromatic rings. The van der Waals surface area contributed by atoms with Crippen LogP contribution in [0.25, 0.3) is 0 Å². The zero-order valence-electron chi connectivity index (χ0n) is 39.7. The number of hydrogen-bond acceptors (Lipinski definition) is 18. The number of benzene rings is 1. The second kappa shape index (κ2) is 45.2. The van der Waals surface area contributed by atoms with Crippen molar-refractivity contribution in [2.24, 2.45) is 0 Å². The lowest BCUT2D eigenvalue weighted by atomic mass is 10.2. The van der Waals surface area contributed by atoms with Crippen molar-refractivity contribution in [3.63, 3.8) is 0 Å². The zero-order valence-corrected chi connectivity index (χ0v) is 39.7. The molecule has 66 heavy (non-hydrogen) atoms. The third kappa shape index (κ3) is 45.6. The largest absolute Gasteiger partial charge is 0.460 e. The van der Waals surface area contributed by atoms with E-state index in [0.717, 1.165) is 5.56 Å². The second-order valence-corrected chi connectivity index (χ2v) is 14.9. The number of alkyl carbamates (subject to hydrolysis) is 1. The van der Waals surface area contributed by atoms with Crippen molar-refractivity contribution >= 4 is 23.9 Å². The normalized spacial score (nSPS) is 11.4. The highest BCUT2D eigenvalue weighted by Crippen LogP contribution is 2.08. The predicted molar refractivity (Wildman–Crippen MR) is 240 cm³/mol. The van der Waals surface area contributed by atoms with Gasteiger partial charge in [-0.15, -0.1) is 0 Å². The van der Waals surface area contributed by atoms with Crippen molar-refractivity contribution in [2.75, 3.05) is 178 Å². The van der Waals surface area contributed by atoms with E-state index < -0.39 is 11.7 Å². The summed E-state index contributed by atoms with van der Waals surface area (Å²) in [5.41, 5.74) is 0.427. The van der Waals surface area contributed by atoms with Gasteiger partial charge in [-0.3, -0.25) is 14.4 Å². The highest BCUT2D eigenvalue weighted by Gasteiger charge is 2.15. The van der Waals surface area contributed by atoms with Crippen LogP contribution in [0.15, 0.2) is 30.3 Å². The molecule has 0 bridgehead atoms. The van der Waals surface area contributed by atoms with Gasteiger partial charge in [0.25, 0.3) is 0 Å². The first-order valence-electron chi connectivity index (χ1n) is 22.8. The molecule has 3 amide bonds.